The molecule has 1 aliphatic carbocycles. The molecule has 9 nitrogen and oxygen atoms in total. The Labute approximate surface area is 195 Å². The lowest BCUT2D eigenvalue weighted by Gasteiger charge is -2.33. The van der Waals surface area contributed by atoms with E-state index in [9.17, 15) is 19.2 Å². The SMILES string of the molecule is COc1ccc(NC(=O)COC(=O)CN2C(=O)N[C@@]3(CCCc4ccccc43)C2=O)cc1Cl. The maximum atomic E-state index is 13.2. The lowest BCUT2D eigenvalue weighted by molar-refractivity contribution is -0.150. The summed E-state index contributed by atoms with van der Waals surface area (Å²) in [6.45, 7) is -1.17. The number of nitrogens with zero attached hydrogens (tertiary/aromatic N) is 1. The zero-order valence-electron chi connectivity index (χ0n) is 17.9. The van der Waals surface area contributed by atoms with Crippen LogP contribution in [0.1, 0.15) is 24.0 Å². The van der Waals surface area contributed by atoms with E-state index in [0.717, 1.165) is 28.9 Å². The van der Waals surface area contributed by atoms with Gasteiger partial charge in [-0.2, -0.15) is 0 Å². The maximum absolute atomic E-state index is 13.2. The number of carbonyl (C=O) groups excluding carboxylic acids is 4. The predicted octanol–water partition coefficient (Wildman–Crippen LogP) is 2.61. The van der Waals surface area contributed by atoms with Crippen molar-refractivity contribution < 1.29 is 28.7 Å². The summed E-state index contributed by atoms with van der Waals surface area (Å²) in [7, 11) is 1.47. The smallest absolute Gasteiger partial charge is 0.326 e. The Balaban J connectivity index is 1.35. The number of methoxy groups -OCH3 is 1. The fourth-order valence-electron chi connectivity index (χ4n) is 4.22. The van der Waals surface area contributed by atoms with Crippen molar-refractivity contribution in [2.24, 2.45) is 0 Å². The number of benzene rings is 2. The molecule has 4 amide bonds. The molecule has 0 saturated carbocycles. The molecule has 1 fully saturated rings. The second-order valence-electron chi connectivity index (χ2n) is 7.80. The van der Waals surface area contributed by atoms with E-state index >= 15 is 0 Å². The lowest BCUT2D eigenvalue weighted by Crippen LogP contribution is -2.46. The van der Waals surface area contributed by atoms with Gasteiger partial charge in [0.1, 0.15) is 17.8 Å². The van der Waals surface area contributed by atoms with Crippen LogP contribution in [0.15, 0.2) is 42.5 Å². The van der Waals surface area contributed by atoms with Gasteiger partial charge in [-0.25, -0.2) is 4.79 Å². The molecule has 0 unspecified atom stereocenters. The molecule has 1 saturated heterocycles. The van der Waals surface area contributed by atoms with E-state index in [1.807, 2.05) is 24.3 Å². The third-order valence-electron chi connectivity index (χ3n) is 5.74. The van der Waals surface area contributed by atoms with Gasteiger partial charge in [-0.05, 0) is 48.6 Å². The number of ether oxygens (including phenoxy) is 2. The summed E-state index contributed by atoms with van der Waals surface area (Å²) in [5, 5.41) is 5.62. The first-order chi connectivity index (χ1) is 15.8. The molecule has 0 bridgehead atoms. The molecule has 172 valence electrons. The Morgan fingerprint density at radius 2 is 2.00 bits per heavy atom. The molecule has 2 aromatic carbocycles. The number of fused-ring (bicyclic) bond motifs is 2. The summed E-state index contributed by atoms with van der Waals surface area (Å²) in [5.41, 5.74) is 0.978. The number of hydrogen-bond acceptors (Lipinski definition) is 6. The van der Waals surface area contributed by atoms with Gasteiger partial charge in [0.25, 0.3) is 11.8 Å². The molecule has 0 radical (unpaired) electrons. The fraction of sp³-hybridized carbons (Fsp3) is 0.304. The first-order valence-electron chi connectivity index (χ1n) is 10.4. The highest BCUT2D eigenvalue weighted by Gasteiger charge is 2.54. The third kappa shape index (κ3) is 4.36. The number of esters is 1. The quantitative estimate of drug-likeness (QED) is 0.494. The van der Waals surface area contributed by atoms with Gasteiger partial charge >= 0.3 is 12.0 Å². The Bertz CT molecular complexity index is 1140. The van der Waals surface area contributed by atoms with Crippen LogP contribution in [-0.4, -0.2) is 49.0 Å². The van der Waals surface area contributed by atoms with Gasteiger partial charge in [0, 0.05) is 5.69 Å². The third-order valence-corrected chi connectivity index (χ3v) is 6.03. The van der Waals surface area contributed by atoms with Gasteiger partial charge in [-0.1, -0.05) is 35.9 Å². The summed E-state index contributed by atoms with van der Waals surface area (Å²) in [6.07, 6.45) is 2.00. The molecule has 2 aliphatic rings. The number of aryl methyl sites for hydroxylation is 1. The molecular formula is C23H22ClN3O6. The van der Waals surface area contributed by atoms with Gasteiger partial charge in [0.2, 0.25) is 0 Å². The van der Waals surface area contributed by atoms with Crippen molar-refractivity contribution in [2.75, 3.05) is 25.6 Å². The molecule has 33 heavy (non-hydrogen) atoms. The summed E-state index contributed by atoms with van der Waals surface area (Å²) in [6, 6.07) is 11.5. The number of amides is 4. The number of hydrogen-bond donors (Lipinski definition) is 2. The highest BCUT2D eigenvalue weighted by atomic mass is 35.5. The monoisotopic (exact) mass is 471 g/mol. The van der Waals surface area contributed by atoms with E-state index in [1.165, 1.54) is 13.2 Å². The summed E-state index contributed by atoms with van der Waals surface area (Å²) in [5.74, 6) is -1.51. The van der Waals surface area contributed by atoms with E-state index < -0.39 is 42.5 Å². The zero-order chi connectivity index (χ0) is 23.6. The van der Waals surface area contributed by atoms with Gasteiger partial charge in [0.05, 0.1) is 12.1 Å². The van der Waals surface area contributed by atoms with Crippen LogP contribution < -0.4 is 15.4 Å². The van der Waals surface area contributed by atoms with Crippen LogP contribution in [0, 0.1) is 0 Å². The first kappa shape index (κ1) is 22.6. The van der Waals surface area contributed by atoms with Gasteiger partial charge in [-0.3, -0.25) is 19.3 Å². The topological polar surface area (TPSA) is 114 Å². The fourth-order valence-corrected chi connectivity index (χ4v) is 4.47. The number of carbonyl (C=O) groups is 4. The Hall–Kier alpha value is -3.59. The largest absolute Gasteiger partial charge is 0.495 e. The van der Waals surface area contributed by atoms with Crippen LogP contribution in [-0.2, 0) is 31.1 Å². The minimum Gasteiger partial charge on any atom is -0.495 e. The number of rotatable bonds is 6. The predicted molar refractivity (Wildman–Crippen MR) is 119 cm³/mol. The molecule has 2 N–H and O–H groups in total. The van der Waals surface area contributed by atoms with Crippen molar-refractivity contribution in [2.45, 2.75) is 24.8 Å². The minimum atomic E-state index is -1.17. The van der Waals surface area contributed by atoms with Gasteiger partial charge in [0.15, 0.2) is 6.61 Å². The first-order valence-corrected chi connectivity index (χ1v) is 10.7. The summed E-state index contributed by atoms with van der Waals surface area (Å²) in [4.78, 5) is 51.0. The maximum Gasteiger partial charge on any atom is 0.326 e. The Morgan fingerprint density at radius 1 is 1.21 bits per heavy atom. The zero-order valence-corrected chi connectivity index (χ0v) is 18.6. The second kappa shape index (κ2) is 9.11. The van der Waals surface area contributed by atoms with Crippen molar-refractivity contribution in [1.29, 1.82) is 0 Å². The molecule has 1 aliphatic heterocycles. The van der Waals surface area contributed by atoms with E-state index in [4.69, 9.17) is 21.1 Å². The Morgan fingerprint density at radius 3 is 2.76 bits per heavy atom. The molecule has 1 atom stereocenters. The van der Waals surface area contributed by atoms with E-state index in [2.05, 4.69) is 10.6 Å². The molecular weight excluding hydrogens is 450 g/mol. The molecule has 10 heteroatoms. The van der Waals surface area contributed by atoms with Crippen LogP contribution in [0.2, 0.25) is 5.02 Å². The molecule has 2 aromatic rings. The normalized spacial score (nSPS) is 19.2. The number of anilines is 1. The van der Waals surface area contributed by atoms with Crippen LogP contribution >= 0.6 is 11.6 Å². The van der Waals surface area contributed by atoms with Crippen LogP contribution in [0.25, 0.3) is 0 Å². The average molecular weight is 472 g/mol. The summed E-state index contributed by atoms with van der Waals surface area (Å²) < 4.78 is 10.0. The van der Waals surface area contributed by atoms with E-state index in [0.29, 0.717) is 22.9 Å². The average Bonchev–Trinajstić information content (AvgIpc) is 3.03. The van der Waals surface area contributed by atoms with E-state index in [-0.39, 0.29) is 0 Å². The second-order valence-corrected chi connectivity index (χ2v) is 8.20. The standard InChI is InChI=1S/C23H22ClN3O6/c1-32-18-9-8-15(11-17(18)24)25-19(28)13-33-20(29)12-27-21(30)23(26-22(27)31)10-4-6-14-5-2-3-7-16(14)23/h2-3,5,7-9,11H,4,6,10,12-13H2,1H3,(H,25,28)(H,26,31)/t23-/m1/s1. The highest BCUT2D eigenvalue weighted by Crippen LogP contribution is 2.39. The van der Waals surface area contributed by atoms with Crippen molar-refractivity contribution in [3.8, 4) is 5.75 Å². The molecule has 1 heterocycles. The Kier molecular flexibility index (Phi) is 6.24. The number of halogens is 1. The number of nitrogens with one attached hydrogen (secondary N) is 2. The van der Waals surface area contributed by atoms with Crippen molar-refractivity contribution in [1.82, 2.24) is 10.2 Å². The number of urea groups is 1. The van der Waals surface area contributed by atoms with Crippen LogP contribution in [0.4, 0.5) is 10.5 Å². The van der Waals surface area contributed by atoms with E-state index in [1.54, 1.807) is 12.1 Å². The van der Waals surface area contributed by atoms with Crippen molar-refractivity contribution >= 4 is 41.1 Å². The summed E-state index contributed by atoms with van der Waals surface area (Å²) >= 11 is 6.02. The van der Waals surface area contributed by atoms with Crippen molar-refractivity contribution in [3.63, 3.8) is 0 Å². The van der Waals surface area contributed by atoms with Crippen LogP contribution in [0.5, 0.6) is 5.75 Å². The minimum absolute atomic E-state index is 0.309. The lowest BCUT2D eigenvalue weighted by atomic mass is 9.76. The molecule has 0 aromatic heterocycles. The highest BCUT2D eigenvalue weighted by molar-refractivity contribution is 6.32. The van der Waals surface area contributed by atoms with Gasteiger partial charge < -0.3 is 20.1 Å². The van der Waals surface area contributed by atoms with Gasteiger partial charge in [-0.15, -0.1) is 0 Å². The molecule has 4 rings (SSSR count). The molecule has 1 spiro atoms. The number of imide groups is 1. The van der Waals surface area contributed by atoms with Crippen molar-refractivity contribution in [3.05, 3.63) is 58.6 Å². The van der Waals surface area contributed by atoms with Crippen LogP contribution in [0.3, 0.4) is 0 Å².